The van der Waals surface area contributed by atoms with Gasteiger partial charge in [0.15, 0.2) is 0 Å². The average molecular weight is 216 g/mol. The zero-order valence-electron chi connectivity index (χ0n) is 10.4. The van der Waals surface area contributed by atoms with E-state index >= 15 is 0 Å². The quantitative estimate of drug-likeness (QED) is 0.754. The number of rotatable bonds is 2. The smallest absolute Gasteiger partial charge is 0.125 e. The minimum absolute atomic E-state index is 0.823. The maximum absolute atomic E-state index is 4.26. The molecule has 0 amide bonds. The molecule has 0 fully saturated rings. The van der Waals surface area contributed by atoms with Crippen LogP contribution in [0.3, 0.4) is 0 Å². The number of nitrogens with zero attached hydrogens (tertiary/aromatic N) is 2. The molecule has 1 aromatic heterocycles. The molecule has 16 heavy (non-hydrogen) atoms. The number of fused-ring (bicyclic) bond motifs is 1. The Morgan fingerprint density at radius 2 is 1.75 bits per heavy atom. The molecule has 2 rings (SSSR count). The van der Waals surface area contributed by atoms with Crippen molar-refractivity contribution < 1.29 is 0 Å². The highest BCUT2D eigenvalue weighted by Gasteiger charge is 1.92. The molecule has 0 saturated heterocycles. The summed E-state index contributed by atoms with van der Waals surface area (Å²) in [7, 11) is 0. The standard InChI is InChI=1S/C9H8N2.C5H12/c1-7-10-6-8-4-2-3-5-9(8)11-7;1-3-5-4-2/h2-6H,1H3;3-5H2,1-2H3. The highest BCUT2D eigenvalue weighted by Crippen LogP contribution is 2.08. The van der Waals surface area contributed by atoms with E-state index in [1.54, 1.807) is 0 Å². The van der Waals surface area contributed by atoms with Gasteiger partial charge in [-0.25, -0.2) is 9.97 Å². The van der Waals surface area contributed by atoms with Crippen LogP contribution in [-0.2, 0) is 0 Å². The van der Waals surface area contributed by atoms with Crippen molar-refractivity contribution >= 4 is 10.9 Å². The summed E-state index contributed by atoms with van der Waals surface area (Å²) in [6.07, 6.45) is 5.92. The fourth-order valence-corrected chi connectivity index (χ4v) is 1.42. The molecule has 0 spiro atoms. The molecule has 86 valence electrons. The van der Waals surface area contributed by atoms with E-state index in [1.807, 2.05) is 37.4 Å². The van der Waals surface area contributed by atoms with E-state index in [1.165, 1.54) is 19.3 Å². The molecule has 0 saturated carbocycles. The lowest BCUT2D eigenvalue weighted by Crippen LogP contribution is -1.86. The van der Waals surface area contributed by atoms with Crippen molar-refractivity contribution in [1.29, 1.82) is 0 Å². The van der Waals surface area contributed by atoms with E-state index in [0.717, 1.165) is 16.7 Å². The molecule has 0 bridgehead atoms. The second-order valence-corrected chi connectivity index (χ2v) is 3.83. The first-order valence-electron chi connectivity index (χ1n) is 5.96. The number of hydrogen-bond donors (Lipinski definition) is 0. The fourth-order valence-electron chi connectivity index (χ4n) is 1.42. The van der Waals surface area contributed by atoms with Gasteiger partial charge >= 0.3 is 0 Å². The number of para-hydroxylation sites is 1. The molecular formula is C14H20N2. The van der Waals surface area contributed by atoms with Crippen LogP contribution in [0.25, 0.3) is 10.9 Å². The van der Waals surface area contributed by atoms with E-state index in [0.29, 0.717) is 0 Å². The Labute approximate surface area is 97.7 Å². The predicted molar refractivity (Wildman–Crippen MR) is 69.5 cm³/mol. The first kappa shape index (κ1) is 12.6. The molecule has 1 aromatic carbocycles. The Morgan fingerprint density at radius 1 is 1.06 bits per heavy atom. The van der Waals surface area contributed by atoms with Crippen molar-refractivity contribution in [2.75, 3.05) is 0 Å². The number of aromatic nitrogens is 2. The Kier molecular flexibility index (Phi) is 5.48. The lowest BCUT2D eigenvalue weighted by molar-refractivity contribution is 0.772. The molecule has 0 aliphatic carbocycles. The summed E-state index contributed by atoms with van der Waals surface area (Å²) in [5.41, 5.74) is 1.01. The van der Waals surface area contributed by atoms with Gasteiger partial charge in [0.1, 0.15) is 5.82 Å². The van der Waals surface area contributed by atoms with Crippen molar-refractivity contribution in [3.63, 3.8) is 0 Å². The van der Waals surface area contributed by atoms with Gasteiger partial charge in [-0.1, -0.05) is 51.3 Å². The van der Waals surface area contributed by atoms with Crippen LogP contribution in [0.15, 0.2) is 30.5 Å². The molecule has 1 heterocycles. The summed E-state index contributed by atoms with van der Waals surface area (Å²) in [6.45, 7) is 6.32. The van der Waals surface area contributed by atoms with Gasteiger partial charge in [-0.3, -0.25) is 0 Å². The molecule has 2 heteroatoms. The normalized spacial score (nSPS) is 9.69. The zero-order chi connectivity index (χ0) is 11.8. The van der Waals surface area contributed by atoms with Gasteiger partial charge in [-0.2, -0.15) is 0 Å². The Balaban J connectivity index is 0.000000221. The molecule has 0 aliphatic heterocycles. The van der Waals surface area contributed by atoms with E-state index < -0.39 is 0 Å². The summed E-state index contributed by atoms with van der Waals surface area (Å²) >= 11 is 0. The second-order valence-electron chi connectivity index (χ2n) is 3.83. The van der Waals surface area contributed by atoms with Crippen LogP contribution in [0, 0.1) is 6.92 Å². The van der Waals surface area contributed by atoms with E-state index in [9.17, 15) is 0 Å². The third-order valence-corrected chi connectivity index (χ3v) is 2.32. The molecule has 2 nitrogen and oxygen atoms in total. The van der Waals surface area contributed by atoms with Gasteiger partial charge in [0, 0.05) is 11.6 Å². The van der Waals surface area contributed by atoms with E-state index in [4.69, 9.17) is 0 Å². The lowest BCUT2D eigenvalue weighted by atomic mass is 10.2. The Hall–Kier alpha value is -1.44. The van der Waals surface area contributed by atoms with Gasteiger partial charge in [-0.05, 0) is 13.0 Å². The van der Waals surface area contributed by atoms with Crippen LogP contribution in [0.1, 0.15) is 38.9 Å². The molecule has 0 atom stereocenters. The minimum atomic E-state index is 0.823. The van der Waals surface area contributed by atoms with Gasteiger partial charge in [0.2, 0.25) is 0 Å². The molecule has 2 aromatic rings. The van der Waals surface area contributed by atoms with Gasteiger partial charge in [0.05, 0.1) is 5.52 Å². The first-order valence-corrected chi connectivity index (χ1v) is 5.96. The molecule has 0 aliphatic rings. The third kappa shape index (κ3) is 3.97. The fraction of sp³-hybridized carbons (Fsp3) is 0.429. The maximum atomic E-state index is 4.26. The first-order chi connectivity index (χ1) is 7.77. The third-order valence-electron chi connectivity index (χ3n) is 2.32. The van der Waals surface area contributed by atoms with Crippen LogP contribution in [0.4, 0.5) is 0 Å². The lowest BCUT2D eigenvalue weighted by Gasteiger charge is -1.95. The van der Waals surface area contributed by atoms with Crippen molar-refractivity contribution in [2.45, 2.75) is 40.0 Å². The van der Waals surface area contributed by atoms with Crippen LogP contribution >= 0.6 is 0 Å². The van der Waals surface area contributed by atoms with Crippen molar-refractivity contribution in [2.24, 2.45) is 0 Å². The summed E-state index contributed by atoms with van der Waals surface area (Å²) in [5, 5.41) is 1.10. The van der Waals surface area contributed by atoms with Crippen LogP contribution in [0.5, 0.6) is 0 Å². The van der Waals surface area contributed by atoms with Crippen LogP contribution < -0.4 is 0 Å². The highest BCUT2D eigenvalue weighted by atomic mass is 14.9. The van der Waals surface area contributed by atoms with Crippen LogP contribution in [-0.4, -0.2) is 9.97 Å². The molecule has 0 unspecified atom stereocenters. The molecular weight excluding hydrogens is 196 g/mol. The monoisotopic (exact) mass is 216 g/mol. The molecule has 0 radical (unpaired) electrons. The Bertz CT molecular complexity index is 422. The summed E-state index contributed by atoms with van der Waals surface area (Å²) in [6, 6.07) is 7.97. The van der Waals surface area contributed by atoms with Gasteiger partial charge < -0.3 is 0 Å². The van der Waals surface area contributed by atoms with E-state index in [-0.39, 0.29) is 0 Å². The van der Waals surface area contributed by atoms with Crippen molar-refractivity contribution in [3.8, 4) is 0 Å². The SMILES string of the molecule is CCCCC.Cc1ncc2ccccc2n1. The van der Waals surface area contributed by atoms with Crippen LogP contribution in [0.2, 0.25) is 0 Å². The summed E-state index contributed by atoms with van der Waals surface area (Å²) in [5.74, 6) is 0.823. The summed E-state index contributed by atoms with van der Waals surface area (Å²) < 4.78 is 0. The highest BCUT2D eigenvalue weighted by molar-refractivity contribution is 5.77. The zero-order valence-corrected chi connectivity index (χ0v) is 10.4. The number of aryl methyl sites for hydroxylation is 1. The van der Waals surface area contributed by atoms with Crippen molar-refractivity contribution in [1.82, 2.24) is 9.97 Å². The summed E-state index contributed by atoms with van der Waals surface area (Å²) in [4.78, 5) is 8.36. The topological polar surface area (TPSA) is 25.8 Å². The van der Waals surface area contributed by atoms with Gasteiger partial charge in [-0.15, -0.1) is 0 Å². The number of hydrogen-bond acceptors (Lipinski definition) is 2. The van der Waals surface area contributed by atoms with E-state index in [2.05, 4.69) is 23.8 Å². The number of unbranched alkanes of at least 4 members (excludes halogenated alkanes) is 2. The largest absolute Gasteiger partial charge is 0.241 e. The van der Waals surface area contributed by atoms with Gasteiger partial charge in [0.25, 0.3) is 0 Å². The average Bonchev–Trinajstić information content (AvgIpc) is 2.31. The number of benzene rings is 1. The molecule has 0 N–H and O–H groups in total. The minimum Gasteiger partial charge on any atom is -0.241 e. The van der Waals surface area contributed by atoms with Crippen molar-refractivity contribution in [3.05, 3.63) is 36.3 Å². The second kappa shape index (κ2) is 6.94. The Morgan fingerprint density at radius 3 is 2.38 bits per heavy atom. The maximum Gasteiger partial charge on any atom is 0.125 e. The predicted octanol–water partition coefficient (Wildman–Crippen LogP) is 4.13.